The van der Waals surface area contributed by atoms with Crippen LogP contribution in [0.2, 0.25) is 0 Å². The molecule has 1 aromatic carbocycles. The van der Waals surface area contributed by atoms with Crippen LogP contribution >= 0.6 is 22.7 Å². The van der Waals surface area contributed by atoms with E-state index in [1.165, 1.54) is 22.7 Å². The van der Waals surface area contributed by atoms with Crippen molar-refractivity contribution in [1.29, 1.82) is 0 Å². The van der Waals surface area contributed by atoms with Crippen molar-refractivity contribution in [1.82, 2.24) is 9.38 Å². The lowest BCUT2D eigenvalue weighted by molar-refractivity contribution is 0.0529. The number of thiophene rings is 1. The maximum atomic E-state index is 12.8. The molecule has 0 radical (unpaired) electrons. The number of thiazole rings is 1. The summed E-state index contributed by atoms with van der Waals surface area (Å²) in [5.74, 6) is -0.808. The van der Waals surface area contributed by atoms with Gasteiger partial charge in [-0.3, -0.25) is 9.20 Å². The number of carbonyl (C=O) groups is 2. The highest BCUT2D eigenvalue weighted by Gasteiger charge is 2.26. The molecule has 0 saturated heterocycles. The molecular formula is C21H19N3O3S2. The number of imidazole rings is 1. The maximum absolute atomic E-state index is 12.8. The van der Waals surface area contributed by atoms with Gasteiger partial charge < -0.3 is 10.1 Å². The largest absolute Gasteiger partial charge is 0.462 e. The Morgan fingerprint density at radius 3 is 2.59 bits per heavy atom. The number of fused-ring (bicyclic) bond motifs is 1. The predicted molar refractivity (Wildman–Crippen MR) is 116 cm³/mol. The molecular weight excluding hydrogens is 406 g/mol. The van der Waals surface area contributed by atoms with E-state index in [-0.39, 0.29) is 12.5 Å². The average molecular weight is 426 g/mol. The van der Waals surface area contributed by atoms with Gasteiger partial charge in [-0.2, -0.15) is 0 Å². The molecule has 148 valence electrons. The van der Waals surface area contributed by atoms with Crippen LogP contribution < -0.4 is 5.32 Å². The highest BCUT2D eigenvalue weighted by Crippen LogP contribution is 2.40. The SMILES string of the molecule is CCOC(=O)c1c(NC(=O)c2cn3cc(C)sc3n2)sc(C)c1-c1ccccc1. The Morgan fingerprint density at radius 1 is 1.14 bits per heavy atom. The Balaban J connectivity index is 1.73. The van der Waals surface area contributed by atoms with E-state index in [4.69, 9.17) is 4.74 Å². The van der Waals surface area contributed by atoms with E-state index >= 15 is 0 Å². The smallest absolute Gasteiger partial charge is 0.341 e. The van der Waals surface area contributed by atoms with Gasteiger partial charge >= 0.3 is 5.97 Å². The van der Waals surface area contributed by atoms with E-state index in [9.17, 15) is 9.59 Å². The van der Waals surface area contributed by atoms with Crippen molar-refractivity contribution in [2.24, 2.45) is 0 Å². The molecule has 3 heterocycles. The molecule has 0 bridgehead atoms. The van der Waals surface area contributed by atoms with Gasteiger partial charge in [0.2, 0.25) is 0 Å². The number of amides is 1. The number of esters is 1. The van der Waals surface area contributed by atoms with Crippen LogP contribution in [-0.2, 0) is 4.74 Å². The van der Waals surface area contributed by atoms with Gasteiger partial charge in [-0.25, -0.2) is 9.78 Å². The summed E-state index contributed by atoms with van der Waals surface area (Å²) in [6.45, 7) is 5.94. The third-order valence-electron chi connectivity index (χ3n) is 4.36. The lowest BCUT2D eigenvalue weighted by Crippen LogP contribution is -2.15. The summed E-state index contributed by atoms with van der Waals surface area (Å²) < 4.78 is 7.11. The molecule has 6 nitrogen and oxygen atoms in total. The number of carbonyl (C=O) groups excluding carboxylic acids is 2. The Morgan fingerprint density at radius 2 is 1.90 bits per heavy atom. The Bertz CT molecular complexity index is 1170. The summed E-state index contributed by atoms with van der Waals surface area (Å²) in [5, 5.41) is 3.34. The molecule has 0 unspecified atom stereocenters. The number of nitrogens with zero attached hydrogens (tertiary/aromatic N) is 2. The number of aryl methyl sites for hydroxylation is 2. The number of anilines is 1. The molecule has 0 aliphatic carbocycles. The zero-order chi connectivity index (χ0) is 20.5. The second-order valence-electron chi connectivity index (χ2n) is 6.44. The van der Waals surface area contributed by atoms with Crippen LogP contribution in [0, 0.1) is 13.8 Å². The number of aromatic nitrogens is 2. The Hall–Kier alpha value is -2.97. The Kier molecular flexibility index (Phi) is 5.21. The minimum absolute atomic E-state index is 0.256. The lowest BCUT2D eigenvalue weighted by Gasteiger charge is -2.08. The molecule has 0 atom stereocenters. The van der Waals surface area contributed by atoms with Crippen LogP contribution in [0.1, 0.15) is 37.5 Å². The van der Waals surface area contributed by atoms with Crippen LogP contribution in [0.5, 0.6) is 0 Å². The van der Waals surface area contributed by atoms with Crippen molar-refractivity contribution in [3.63, 3.8) is 0 Å². The molecule has 0 spiro atoms. The van der Waals surface area contributed by atoms with E-state index in [2.05, 4.69) is 10.3 Å². The van der Waals surface area contributed by atoms with Crippen molar-refractivity contribution < 1.29 is 14.3 Å². The second-order valence-corrected chi connectivity index (χ2v) is 8.87. The molecule has 4 aromatic rings. The summed E-state index contributed by atoms with van der Waals surface area (Å²) >= 11 is 2.88. The fraction of sp³-hybridized carbons (Fsp3) is 0.190. The third-order valence-corrected chi connectivity index (χ3v) is 6.29. The maximum Gasteiger partial charge on any atom is 0.341 e. The lowest BCUT2D eigenvalue weighted by atomic mass is 10.0. The quantitative estimate of drug-likeness (QED) is 0.448. The van der Waals surface area contributed by atoms with E-state index in [0.29, 0.717) is 16.3 Å². The molecule has 8 heteroatoms. The van der Waals surface area contributed by atoms with E-state index in [1.54, 1.807) is 13.1 Å². The second kappa shape index (κ2) is 7.81. The number of rotatable bonds is 5. The third kappa shape index (κ3) is 3.68. The normalized spacial score (nSPS) is 11.0. The number of ether oxygens (including phenoxy) is 1. The fourth-order valence-electron chi connectivity index (χ4n) is 3.17. The van der Waals surface area contributed by atoms with Crippen LogP contribution in [0.15, 0.2) is 42.7 Å². The first kappa shape index (κ1) is 19.4. The fourth-order valence-corrected chi connectivity index (χ4v) is 5.04. The molecule has 0 aliphatic heterocycles. The zero-order valence-corrected chi connectivity index (χ0v) is 17.8. The molecule has 3 aromatic heterocycles. The van der Waals surface area contributed by atoms with Crippen LogP contribution in [0.4, 0.5) is 5.00 Å². The van der Waals surface area contributed by atoms with E-state index in [0.717, 1.165) is 25.8 Å². The first-order chi connectivity index (χ1) is 14.0. The van der Waals surface area contributed by atoms with Gasteiger partial charge in [0.25, 0.3) is 5.91 Å². The van der Waals surface area contributed by atoms with Gasteiger partial charge in [-0.05, 0) is 26.3 Å². The molecule has 0 aliphatic rings. The predicted octanol–water partition coefficient (Wildman–Crippen LogP) is 5.17. The standard InChI is InChI=1S/C21H19N3O3S2/c1-4-27-20(26)17-16(14-8-6-5-7-9-14)13(3)29-19(17)23-18(25)15-11-24-10-12(2)28-21(24)22-15/h5-11H,4H2,1-3H3,(H,23,25). The summed E-state index contributed by atoms with van der Waals surface area (Å²) in [6, 6.07) is 9.63. The average Bonchev–Trinajstić information content (AvgIpc) is 3.33. The van der Waals surface area contributed by atoms with Crippen LogP contribution in [0.3, 0.4) is 0 Å². The molecule has 1 N–H and O–H groups in total. The number of nitrogens with one attached hydrogen (secondary N) is 1. The molecule has 0 saturated carbocycles. The van der Waals surface area contributed by atoms with Gasteiger partial charge in [0.15, 0.2) is 4.96 Å². The van der Waals surface area contributed by atoms with E-state index in [1.807, 2.05) is 54.8 Å². The van der Waals surface area contributed by atoms with Crippen molar-refractivity contribution in [3.8, 4) is 11.1 Å². The van der Waals surface area contributed by atoms with Gasteiger partial charge in [0.1, 0.15) is 16.3 Å². The number of hydrogen-bond acceptors (Lipinski definition) is 6. The van der Waals surface area contributed by atoms with Gasteiger partial charge in [-0.1, -0.05) is 30.3 Å². The van der Waals surface area contributed by atoms with E-state index < -0.39 is 5.97 Å². The van der Waals surface area contributed by atoms with Crippen molar-refractivity contribution in [2.75, 3.05) is 11.9 Å². The monoisotopic (exact) mass is 425 g/mol. The van der Waals surface area contributed by atoms with Crippen LogP contribution in [0.25, 0.3) is 16.1 Å². The Labute approximate surface area is 175 Å². The summed E-state index contributed by atoms with van der Waals surface area (Å²) in [6.07, 6.45) is 3.62. The van der Waals surface area contributed by atoms with Crippen molar-refractivity contribution in [3.05, 3.63) is 63.7 Å². The number of hydrogen-bond donors (Lipinski definition) is 1. The minimum Gasteiger partial charge on any atom is -0.462 e. The first-order valence-corrected chi connectivity index (χ1v) is 10.7. The van der Waals surface area contributed by atoms with Gasteiger partial charge in [-0.15, -0.1) is 22.7 Å². The molecule has 0 fully saturated rings. The molecule has 4 rings (SSSR count). The van der Waals surface area contributed by atoms with Gasteiger partial charge in [0.05, 0.1) is 6.61 Å². The summed E-state index contributed by atoms with van der Waals surface area (Å²) in [4.78, 5) is 32.8. The molecule has 1 amide bonds. The highest BCUT2D eigenvalue weighted by atomic mass is 32.1. The topological polar surface area (TPSA) is 72.7 Å². The van der Waals surface area contributed by atoms with Crippen molar-refractivity contribution >= 4 is 44.5 Å². The first-order valence-electron chi connectivity index (χ1n) is 9.10. The molecule has 29 heavy (non-hydrogen) atoms. The summed E-state index contributed by atoms with van der Waals surface area (Å²) in [5.41, 5.74) is 2.37. The van der Waals surface area contributed by atoms with Gasteiger partial charge in [0, 0.05) is 27.7 Å². The highest BCUT2D eigenvalue weighted by molar-refractivity contribution is 7.17. The van der Waals surface area contributed by atoms with Crippen LogP contribution in [-0.4, -0.2) is 27.9 Å². The minimum atomic E-state index is -0.451. The summed E-state index contributed by atoms with van der Waals surface area (Å²) in [7, 11) is 0. The van der Waals surface area contributed by atoms with Crippen molar-refractivity contribution in [2.45, 2.75) is 20.8 Å². The zero-order valence-electron chi connectivity index (χ0n) is 16.2. The number of benzene rings is 1.